The summed E-state index contributed by atoms with van der Waals surface area (Å²) in [7, 11) is 0. The minimum Gasteiger partial charge on any atom is -0.349 e. The highest BCUT2D eigenvalue weighted by Gasteiger charge is 2.16. The number of hydrogen-bond acceptors (Lipinski definition) is 3. The second-order valence-corrected chi connectivity index (χ2v) is 6.81. The standard InChI is InChI=1S/C19H19F2N3OS/c1-3-24-17-7-5-4-6-16(17)23-19(24)26-11-18(25)22-12(2)14-9-8-13(20)10-15(14)21/h4-10,12H,3,11H2,1-2H3,(H,22,25)/t12-/m1/s1. The SMILES string of the molecule is CCn1c(SCC(=O)N[C@H](C)c2ccc(F)cc2F)nc2ccccc21. The molecular formula is C19H19F2N3OS. The van der Waals surface area contributed by atoms with Gasteiger partial charge in [0, 0.05) is 18.2 Å². The number of imidazole rings is 1. The Labute approximate surface area is 154 Å². The van der Waals surface area contributed by atoms with Crippen LogP contribution in [0.5, 0.6) is 0 Å². The summed E-state index contributed by atoms with van der Waals surface area (Å²) in [5.74, 6) is -1.38. The first-order chi connectivity index (χ1) is 12.5. The summed E-state index contributed by atoms with van der Waals surface area (Å²) in [4.78, 5) is 16.8. The Morgan fingerprint density at radius 2 is 2.04 bits per heavy atom. The summed E-state index contributed by atoms with van der Waals surface area (Å²) in [6, 6.07) is 10.6. The van der Waals surface area contributed by atoms with Crippen LogP contribution in [0.15, 0.2) is 47.6 Å². The van der Waals surface area contributed by atoms with E-state index in [-0.39, 0.29) is 17.2 Å². The summed E-state index contributed by atoms with van der Waals surface area (Å²) in [5, 5.41) is 3.51. The van der Waals surface area contributed by atoms with E-state index >= 15 is 0 Å². The first-order valence-electron chi connectivity index (χ1n) is 8.32. The normalized spacial score (nSPS) is 12.3. The van der Waals surface area contributed by atoms with Gasteiger partial charge in [-0.1, -0.05) is 30.0 Å². The lowest BCUT2D eigenvalue weighted by molar-refractivity contribution is -0.119. The van der Waals surface area contributed by atoms with E-state index in [1.807, 2.05) is 31.2 Å². The Hall–Kier alpha value is -2.41. The molecule has 0 saturated heterocycles. The number of amides is 1. The molecule has 26 heavy (non-hydrogen) atoms. The number of carbonyl (C=O) groups is 1. The lowest BCUT2D eigenvalue weighted by Crippen LogP contribution is -2.28. The Morgan fingerprint density at radius 3 is 2.77 bits per heavy atom. The third kappa shape index (κ3) is 3.88. The molecule has 1 aromatic heterocycles. The van der Waals surface area contributed by atoms with Gasteiger partial charge in [0.1, 0.15) is 11.6 Å². The fourth-order valence-electron chi connectivity index (χ4n) is 2.81. The Morgan fingerprint density at radius 1 is 1.27 bits per heavy atom. The maximum Gasteiger partial charge on any atom is 0.230 e. The first kappa shape index (κ1) is 18.4. The van der Waals surface area contributed by atoms with Crippen LogP contribution in [-0.4, -0.2) is 21.2 Å². The molecule has 1 atom stereocenters. The van der Waals surface area contributed by atoms with Crippen LogP contribution in [0, 0.1) is 11.6 Å². The van der Waals surface area contributed by atoms with Gasteiger partial charge in [0.15, 0.2) is 5.16 Å². The summed E-state index contributed by atoms with van der Waals surface area (Å²) in [6.07, 6.45) is 0. The van der Waals surface area contributed by atoms with E-state index in [9.17, 15) is 13.6 Å². The van der Waals surface area contributed by atoms with Crippen LogP contribution in [0.25, 0.3) is 11.0 Å². The molecule has 0 saturated carbocycles. The van der Waals surface area contributed by atoms with Crippen LogP contribution in [0.3, 0.4) is 0 Å². The van der Waals surface area contributed by atoms with Gasteiger partial charge in [0.25, 0.3) is 0 Å². The zero-order valence-electron chi connectivity index (χ0n) is 14.5. The second kappa shape index (κ2) is 7.86. The fraction of sp³-hybridized carbons (Fsp3) is 0.263. The van der Waals surface area contributed by atoms with E-state index in [0.717, 1.165) is 28.8 Å². The largest absolute Gasteiger partial charge is 0.349 e. The molecule has 1 heterocycles. The molecule has 1 N–H and O–H groups in total. The minimum atomic E-state index is -0.668. The molecule has 0 spiro atoms. The quantitative estimate of drug-likeness (QED) is 0.654. The molecule has 0 fully saturated rings. The van der Waals surface area contributed by atoms with Crippen molar-refractivity contribution in [1.82, 2.24) is 14.9 Å². The van der Waals surface area contributed by atoms with Crippen LogP contribution in [-0.2, 0) is 11.3 Å². The van der Waals surface area contributed by atoms with Crippen molar-refractivity contribution in [1.29, 1.82) is 0 Å². The van der Waals surface area contributed by atoms with E-state index in [4.69, 9.17) is 0 Å². The molecule has 2 aromatic carbocycles. The average Bonchev–Trinajstić information content (AvgIpc) is 2.97. The van der Waals surface area contributed by atoms with Crippen molar-refractivity contribution in [2.75, 3.05) is 5.75 Å². The predicted octanol–water partition coefficient (Wildman–Crippen LogP) is 4.30. The van der Waals surface area contributed by atoms with Gasteiger partial charge >= 0.3 is 0 Å². The molecule has 4 nitrogen and oxygen atoms in total. The highest BCUT2D eigenvalue weighted by atomic mass is 32.2. The van der Waals surface area contributed by atoms with Gasteiger partial charge in [-0.3, -0.25) is 4.79 Å². The third-order valence-electron chi connectivity index (χ3n) is 4.07. The van der Waals surface area contributed by atoms with Crippen molar-refractivity contribution in [3.8, 4) is 0 Å². The number of aromatic nitrogens is 2. The molecular weight excluding hydrogens is 356 g/mol. The molecule has 7 heteroatoms. The molecule has 0 aliphatic carbocycles. The van der Waals surface area contributed by atoms with E-state index in [1.54, 1.807) is 6.92 Å². The van der Waals surface area contributed by atoms with Gasteiger partial charge < -0.3 is 9.88 Å². The van der Waals surface area contributed by atoms with Gasteiger partial charge in [-0.05, 0) is 32.0 Å². The average molecular weight is 375 g/mol. The third-order valence-corrected chi connectivity index (χ3v) is 5.05. The number of fused-ring (bicyclic) bond motifs is 1. The van der Waals surface area contributed by atoms with Gasteiger partial charge in [-0.15, -0.1) is 0 Å². The Kier molecular flexibility index (Phi) is 5.56. The number of hydrogen-bond donors (Lipinski definition) is 1. The van der Waals surface area contributed by atoms with Gasteiger partial charge in [-0.25, -0.2) is 13.8 Å². The van der Waals surface area contributed by atoms with Crippen molar-refractivity contribution in [2.45, 2.75) is 31.6 Å². The summed E-state index contributed by atoms with van der Waals surface area (Å²) in [5.41, 5.74) is 2.17. The zero-order valence-corrected chi connectivity index (χ0v) is 15.3. The van der Waals surface area contributed by atoms with Crippen molar-refractivity contribution in [3.05, 3.63) is 59.7 Å². The van der Waals surface area contributed by atoms with Crippen LogP contribution in [0.4, 0.5) is 8.78 Å². The van der Waals surface area contributed by atoms with Crippen LogP contribution < -0.4 is 5.32 Å². The van der Waals surface area contributed by atoms with Crippen LogP contribution >= 0.6 is 11.8 Å². The molecule has 0 bridgehead atoms. The number of benzene rings is 2. The molecule has 136 valence electrons. The minimum absolute atomic E-state index is 0.163. The molecule has 0 aliphatic rings. The summed E-state index contributed by atoms with van der Waals surface area (Å²) < 4.78 is 28.9. The number of nitrogens with zero attached hydrogens (tertiary/aromatic N) is 2. The fourth-order valence-corrected chi connectivity index (χ4v) is 3.70. The lowest BCUT2D eigenvalue weighted by Gasteiger charge is -2.15. The van der Waals surface area contributed by atoms with E-state index in [1.165, 1.54) is 23.9 Å². The monoisotopic (exact) mass is 375 g/mol. The van der Waals surface area contributed by atoms with E-state index < -0.39 is 17.7 Å². The van der Waals surface area contributed by atoms with E-state index in [0.29, 0.717) is 0 Å². The van der Waals surface area contributed by atoms with Crippen molar-refractivity contribution < 1.29 is 13.6 Å². The van der Waals surface area contributed by atoms with Crippen LogP contribution in [0.2, 0.25) is 0 Å². The molecule has 0 aliphatic heterocycles. The molecule has 3 aromatic rings. The number of rotatable bonds is 6. The Balaban J connectivity index is 1.65. The van der Waals surface area contributed by atoms with Gasteiger partial charge in [0.2, 0.25) is 5.91 Å². The number of halogens is 2. The summed E-state index contributed by atoms with van der Waals surface area (Å²) >= 11 is 1.34. The topological polar surface area (TPSA) is 46.9 Å². The van der Waals surface area contributed by atoms with Crippen LogP contribution in [0.1, 0.15) is 25.5 Å². The Bertz CT molecular complexity index is 942. The number of carbonyl (C=O) groups excluding carboxylic acids is 1. The molecule has 3 rings (SSSR count). The summed E-state index contributed by atoms with van der Waals surface area (Å²) in [6.45, 7) is 4.44. The molecule has 1 amide bonds. The number of thioether (sulfide) groups is 1. The number of nitrogens with one attached hydrogen (secondary N) is 1. The lowest BCUT2D eigenvalue weighted by atomic mass is 10.1. The first-order valence-corrected chi connectivity index (χ1v) is 9.30. The maximum atomic E-state index is 13.8. The smallest absolute Gasteiger partial charge is 0.230 e. The van der Waals surface area contributed by atoms with Crippen molar-refractivity contribution >= 4 is 28.7 Å². The van der Waals surface area contributed by atoms with Gasteiger partial charge in [-0.2, -0.15) is 0 Å². The number of para-hydroxylation sites is 2. The molecule has 0 unspecified atom stereocenters. The second-order valence-electron chi connectivity index (χ2n) is 5.87. The van der Waals surface area contributed by atoms with E-state index in [2.05, 4.69) is 14.9 Å². The van der Waals surface area contributed by atoms with Crippen molar-refractivity contribution in [3.63, 3.8) is 0 Å². The molecule has 0 radical (unpaired) electrons. The number of aryl methyl sites for hydroxylation is 1. The zero-order chi connectivity index (χ0) is 18.7. The van der Waals surface area contributed by atoms with Crippen molar-refractivity contribution in [2.24, 2.45) is 0 Å². The predicted molar refractivity (Wildman–Crippen MR) is 99.0 cm³/mol. The highest BCUT2D eigenvalue weighted by molar-refractivity contribution is 7.99. The highest BCUT2D eigenvalue weighted by Crippen LogP contribution is 2.24. The maximum absolute atomic E-state index is 13.8. The van der Waals surface area contributed by atoms with Gasteiger partial charge in [0.05, 0.1) is 22.8 Å².